The topological polar surface area (TPSA) is 114 Å². The van der Waals surface area contributed by atoms with Crippen LogP contribution in [-0.4, -0.2) is 69.4 Å². The van der Waals surface area contributed by atoms with Gasteiger partial charge in [0.2, 0.25) is 5.91 Å². The van der Waals surface area contributed by atoms with Crippen LogP contribution in [0.3, 0.4) is 0 Å². The minimum atomic E-state index is -4.70. The molecule has 0 radical (unpaired) electrons. The number of rotatable bonds is 59. The van der Waals surface area contributed by atoms with Crippen molar-refractivity contribution >= 4 is 19.7 Å². The molecular weight excluding hydrogens is 1000 g/mol. The molecule has 1 amide bonds. The molecule has 0 saturated heterocycles. The van der Waals surface area contributed by atoms with Crippen LogP contribution in [0.5, 0.6) is 0 Å². The summed E-state index contributed by atoms with van der Waals surface area (Å²) in [5.41, 5.74) is 0. The van der Waals surface area contributed by atoms with Crippen molar-refractivity contribution in [2.75, 3.05) is 40.9 Å². The summed E-state index contributed by atoms with van der Waals surface area (Å²) in [5, 5.41) is 3.03. The molecule has 0 rings (SSSR count). The van der Waals surface area contributed by atoms with E-state index in [1.54, 1.807) is 0 Å². The van der Waals surface area contributed by atoms with Gasteiger partial charge in [-0.15, -0.1) is 0 Å². The Morgan fingerprint density at radius 3 is 1.24 bits per heavy atom. The van der Waals surface area contributed by atoms with E-state index in [4.69, 9.17) is 13.8 Å². The van der Waals surface area contributed by atoms with Crippen LogP contribution in [0.15, 0.2) is 85.1 Å². The fourth-order valence-corrected chi connectivity index (χ4v) is 9.97. The van der Waals surface area contributed by atoms with E-state index in [-0.39, 0.29) is 24.9 Å². The van der Waals surface area contributed by atoms with Crippen molar-refractivity contribution in [2.24, 2.45) is 0 Å². The second-order valence-electron chi connectivity index (χ2n) is 23.2. The maximum absolute atomic E-state index is 13.6. The van der Waals surface area contributed by atoms with Crippen LogP contribution >= 0.6 is 7.82 Å². The highest BCUT2D eigenvalue weighted by molar-refractivity contribution is 7.45. The first-order valence-electron chi connectivity index (χ1n) is 32.9. The molecule has 458 valence electrons. The quantitative estimate of drug-likeness (QED) is 0.0212. The number of phosphoric acid groups is 1. The Morgan fingerprint density at radius 1 is 0.456 bits per heavy atom. The summed E-state index contributed by atoms with van der Waals surface area (Å²) in [5.74, 6) is -0.548. The summed E-state index contributed by atoms with van der Waals surface area (Å²) in [6, 6.07) is -0.894. The number of nitrogens with one attached hydrogen (secondary N) is 1. The van der Waals surface area contributed by atoms with E-state index in [0.29, 0.717) is 17.4 Å². The number of amides is 1. The highest BCUT2D eigenvalue weighted by Gasteiger charge is 2.27. The van der Waals surface area contributed by atoms with Gasteiger partial charge in [0.15, 0.2) is 0 Å². The Kier molecular flexibility index (Phi) is 56.3. The molecule has 0 saturated carbocycles. The third kappa shape index (κ3) is 59.6. The standard InChI is InChI=1S/C69H125N2O7P/c1-7-10-13-16-19-22-25-27-29-30-31-32-33-34-35-36-37-38-39-40-42-43-46-49-52-55-58-61-68(72)70-66(65-77-79(74,75)76-64-63-71(4,5)6)67(60-57-54-51-48-45-24-21-18-15-12-9-3)78-69(73)62-59-56-53-50-47-44-41-28-26-23-20-17-14-11-8-2/h10,13,19,22-23,26-27,29,31-32,34-35,57,60,66-67H,7-9,11-12,14-18,20-21,24-25,28,30,33,36-56,58-59,61-65H2,1-6H3,(H-,70,72,74,75)/b13-10-,22-19-,26-23-,29-27-,32-31-,35-34-,60-57-. The number of hydrogen-bond donors (Lipinski definition) is 1. The number of ether oxygens (including phenoxy) is 1. The first kappa shape index (κ1) is 76.2. The van der Waals surface area contributed by atoms with Gasteiger partial charge < -0.3 is 28.5 Å². The molecule has 10 heteroatoms. The lowest BCUT2D eigenvalue weighted by Crippen LogP contribution is -2.47. The van der Waals surface area contributed by atoms with E-state index >= 15 is 0 Å². The van der Waals surface area contributed by atoms with Gasteiger partial charge in [0.25, 0.3) is 7.82 Å². The van der Waals surface area contributed by atoms with Crippen LogP contribution in [0.2, 0.25) is 0 Å². The fraction of sp³-hybridized carbons (Fsp3) is 0.768. The van der Waals surface area contributed by atoms with Crippen LogP contribution < -0.4 is 10.2 Å². The number of quaternary nitrogens is 1. The molecule has 0 heterocycles. The predicted molar refractivity (Wildman–Crippen MR) is 339 cm³/mol. The van der Waals surface area contributed by atoms with Crippen molar-refractivity contribution in [1.29, 1.82) is 0 Å². The van der Waals surface area contributed by atoms with E-state index < -0.39 is 26.6 Å². The molecule has 0 aromatic carbocycles. The third-order valence-electron chi connectivity index (χ3n) is 14.3. The molecule has 79 heavy (non-hydrogen) atoms. The molecule has 0 aliphatic rings. The van der Waals surface area contributed by atoms with Crippen LogP contribution in [0.1, 0.15) is 290 Å². The second kappa shape index (κ2) is 58.4. The number of allylic oxidation sites excluding steroid dienone is 13. The van der Waals surface area contributed by atoms with Crippen molar-refractivity contribution in [3.63, 3.8) is 0 Å². The van der Waals surface area contributed by atoms with Crippen molar-refractivity contribution < 1.29 is 37.3 Å². The Morgan fingerprint density at radius 2 is 0.810 bits per heavy atom. The average molecular weight is 1130 g/mol. The zero-order chi connectivity index (χ0) is 57.9. The molecular formula is C69H125N2O7P. The lowest BCUT2D eigenvalue weighted by atomic mass is 10.0. The second-order valence-corrected chi connectivity index (χ2v) is 24.6. The summed E-state index contributed by atoms with van der Waals surface area (Å²) in [7, 11) is 1.18. The lowest BCUT2D eigenvalue weighted by molar-refractivity contribution is -0.870. The fourth-order valence-electron chi connectivity index (χ4n) is 9.25. The molecule has 0 bridgehead atoms. The van der Waals surface area contributed by atoms with E-state index in [1.165, 1.54) is 141 Å². The van der Waals surface area contributed by atoms with Crippen molar-refractivity contribution in [3.8, 4) is 0 Å². The van der Waals surface area contributed by atoms with Gasteiger partial charge >= 0.3 is 5.97 Å². The smallest absolute Gasteiger partial charge is 0.306 e. The number of phosphoric ester groups is 1. The summed E-state index contributed by atoms with van der Waals surface area (Å²) < 4.78 is 30.3. The van der Waals surface area contributed by atoms with Gasteiger partial charge in [0.1, 0.15) is 19.3 Å². The highest BCUT2D eigenvalue weighted by atomic mass is 31.2. The van der Waals surface area contributed by atoms with Crippen molar-refractivity contribution in [2.45, 2.75) is 303 Å². The number of esters is 1. The van der Waals surface area contributed by atoms with E-state index in [0.717, 1.165) is 116 Å². The molecule has 0 spiro atoms. The maximum atomic E-state index is 13.6. The summed E-state index contributed by atoms with van der Waals surface area (Å²) in [4.78, 5) is 40.0. The molecule has 0 aromatic heterocycles. The zero-order valence-corrected chi connectivity index (χ0v) is 53.2. The van der Waals surface area contributed by atoms with Gasteiger partial charge in [-0.2, -0.15) is 0 Å². The van der Waals surface area contributed by atoms with Crippen LogP contribution in [0.25, 0.3) is 0 Å². The average Bonchev–Trinajstić information content (AvgIpc) is 3.41. The Balaban J connectivity index is 5.05. The van der Waals surface area contributed by atoms with Crippen molar-refractivity contribution in [3.05, 3.63) is 85.1 Å². The molecule has 0 fully saturated rings. The van der Waals surface area contributed by atoms with Crippen LogP contribution in [0.4, 0.5) is 0 Å². The van der Waals surface area contributed by atoms with Gasteiger partial charge in [0, 0.05) is 12.8 Å². The number of carbonyl (C=O) groups is 2. The number of hydrogen-bond acceptors (Lipinski definition) is 7. The molecule has 0 aromatic rings. The van der Waals surface area contributed by atoms with Gasteiger partial charge in [-0.3, -0.25) is 14.2 Å². The largest absolute Gasteiger partial charge is 0.756 e. The molecule has 1 N–H and O–H groups in total. The summed E-state index contributed by atoms with van der Waals surface area (Å²) in [6.07, 6.45) is 77.0. The van der Waals surface area contributed by atoms with E-state index in [2.05, 4.69) is 99.0 Å². The van der Waals surface area contributed by atoms with Gasteiger partial charge in [-0.05, 0) is 102 Å². The van der Waals surface area contributed by atoms with Gasteiger partial charge in [0.05, 0.1) is 33.8 Å². The number of carbonyl (C=O) groups excluding carboxylic acids is 2. The lowest BCUT2D eigenvalue weighted by Gasteiger charge is -2.30. The number of unbranched alkanes of at least 4 members (excludes halogenated alkanes) is 31. The summed E-state index contributed by atoms with van der Waals surface area (Å²) >= 11 is 0. The number of nitrogens with zero attached hydrogens (tertiary/aromatic N) is 1. The third-order valence-corrected chi connectivity index (χ3v) is 15.3. The van der Waals surface area contributed by atoms with Crippen LogP contribution in [0, 0.1) is 0 Å². The van der Waals surface area contributed by atoms with Crippen LogP contribution in [-0.2, 0) is 27.9 Å². The Hall–Kier alpha value is -2.81. The SMILES string of the molecule is CC/C=C\C/C=C\C/C=C\C/C=C\C/C=C\CCCCCCCCCCCCCC(=O)NC(COP(=O)([O-])OCC[N+](C)(C)C)C(/C=C\CCCCCCCCCCC)OC(=O)CCCCCCCCC/C=C\CCCCCC. The predicted octanol–water partition coefficient (Wildman–Crippen LogP) is 19.9. The van der Waals surface area contributed by atoms with Gasteiger partial charge in [-0.25, -0.2) is 0 Å². The Bertz CT molecular complexity index is 1630. The van der Waals surface area contributed by atoms with E-state index in [1.807, 2.05) is 33.3 Å². The van der Waals surface area contributed by atoms with Crippen molar-refractivity contribution in [1.82, 2.24) is 5.32 Å². The first-order chi connectivity index (χ1) is 38.4. The normalized spacial score (nSPS) is 14.2. The summed E-state index contributed by atoms with van der Waals surface area (Å²) in [6.45, 7) is 6.72. The van der Waals surface area contributed by atoms with Gasteiger partial charge in [-0.1, -0.05) is 260 Å². The monoisotopic (exact) mass is 1120 g/mol. The Labute approximate surface area is 488 Å². The molecule has 0 aliphatic carbocycles. The minimum Gasteiger partial charge on any atom is -0.756 e. The molecule has 9 nitrogen and oxygen atoms in total. The number of likely N-dealkylation sites (N-methyl/N-ethyl adjacent to an activating group) is 1. The maximum Gasteiger partial charge on any atom is 0.306 e. The molecule has 0 aliphatic heterocycles. The highest BCUT2D eigenvalue weighted by Crippen LogP contribution is 2.38. The molecule has 3 unspecified atom stereocenters. The first-order valence-corrected chi connectivity index (χ1v) is 34.4. The zero-order valence-electron chi connectivity index (χ0n) is 52.3. The minimum absolute atomic E-state index is 0.0259. The van der Waals surface area contributed by atoms with E-state index in [9.17, 15) is 19.0 Å². The molecule has 3 atom stereocenters.